The van der Waals surface area contributed by atoms with Crippen LogP contribution in [0.1, 0.15) is 91.0 Å². The number of aromatic nitrogens is 4. The van der Waals surface area contributed by atoms with Crippen LogP contribution in [0.2, 0.25) is 0 Å². The number of aliphatic hydroxyl groups is 3. The Labute approximate surface area is 294 Å². The van der Waals surface area contributed by atoms with Gasteiger partial charge in [-0.15, -0.1) is 0 Å². The predicted molar refractivity (Wildman–Crippen MR) is 185 cm³/mol. The van der Waals surface area contributed by atoms with Gasteiger partial charge < -0.3 is 39.5 Å². The summed E-state index contributed by atoms with van der Waals surface area (Å²) >= 11 is 0. The van der Waals surface area contributed by atoms with Crippen LogP contribution >= 0.6 is 0 Å². The van der Waals surface area contributed by atoms with Crippen LogP contribution in [-0.4, -0.2) is 102 Å². The quantitative estimate of drug-likeness (QED) is 0.251. The van der Waals surface area contributed by atoms with Crippen molar-refractivity contribution in [2.24, 2.45) is 0 Å². The molecular weight excluding hydrogens is 656 g/mol. The zero-order chi connectivity index (χ0) is 36.7. The Bertz CT molecular complexity index is 2110. The van der Waals surface area contributed by atoms with Gasteiger partial charge >= 0.3 is 5.97 Å². The number of ether oxygens (including phenoxy) is 3. The van der Waals surface area contributed by atoms with Gasteiger partial charge in [0.05, 0.1) is 41.9 Å². The predicted octanol–water partition coefficient (Wildman–Crippen LogP) is 3.58. The van der Waals surface area contributed by atoms with Crippen molar-refractivity contribution in [1.82, 2.24) is 19.9 Å². The van der Waals surface area contributed by atoms with Gasteiger partial charge in [0, 0.05) is 41.8 Å². The van der Waals surface area contributed by atoms with Gasteiger partial charge in [0.1, 0.15) is 40.5 Å². The number of nitrogens with one attached hydrogen (secondary N) is 2. The summed E-state index contributed by atoms with van der Waals surface area (Å²) in [7, 11) is 0. The molecule has 7 rings (SSSR count). The van der Waals surface area contributed by atoms with Crippen LogP contribution in [0.4, 0.5) is 0 Å². The molecule has 51 heavy (non-hydrogen) atoms. The molecule has 270 valence electrons. The van der Waals surface area contributed by atoms with E-state index in [1.807, 2.05) is 26.0 Å². The maximum absolute atomic E-state index is 14.5. The maximum atomic E-state index is 14.5. The zero-order valence-corrected chi connectivity index (χ0v) is 29.7. The fourth-order valence-corrected chi connectivity index (χ4v) is 7.98. The lowest BCUT2D eigenvalue weighted by atomic mass is 9.73. The molecule has 4 aliphatic heterocycles. The Morgan fingerprint density at radius 1 is 0.745 bits per heavy atom. The molecule has 3 aromatic rings. The highest BCUT2D eigenvalue weighted by Crippen LogP contribution is 2.43. The second-order valence-corrected chi connectivity index (χ2v) is 14.9. The maximum Gasteiger partial charge on any atom is 0.302 e. The van der Waals surface area contributed by atoms with E-state index < -0.39 is 65.6 Å². The van der Waals surface area contributed by atoms with Gasteiger partial charge in [0.15, 0.2) is 11.6 Å². The van der Waals surface area contributed by atoms with E-state index in [4.69, 9.17) is 24.2 Å². The van der Waals surface area contributed by atoms with E-state index in [0.29, 0.717) is 33.5 Å². The fraction of sp³-hybridized carbons (Fsp3) is 0.500. The molecule has 8 bridgehead atoms. The van der Waals surface area contributed by atoms with Crippen LogP contribution in [0.5, 0.6) is 0 Å². The molecule has 0 aliphatic carbocycles. The number of nitrogens with zero attached hydrogens (tertiary/aromatic N) is 2. The molecule has 7 heterocycles. The molecule has 2 saturated heterocycles. The molecular formula is C38H44N4O9. The minimum absolute atomic E-state index is 0.0531. The van der Waals surface area contributed by atoms with Crippen LogP contribution in [-0.2, 0) is 29.8 Å². The lowest BCUT2D eigenvalue weighted by molar-refractivity contribution is -0.197. The number of rotatable bonds is 3. The summed E-state index contributed by atoms with van der Waals surface area (Å²) in [6.45, 7) is 11.9. The summed E-state index contributed by atoms with van der Waals surface area (Å²) in [5.74, 6) is -1.23. The van der Waals surface area contributed by atoms with Crippen molar-refractivity contribution in [3.8, 4) is 0 Å². The molecule has 13 nitrogen and oxygen atoms in total. The first-order valence-electron chi connectivity index (χ1n) is 17.3. The van der Waals surface area contributed by atoms with Crippen molar-refractivity contribution in [1.29, 1.82) is 0 Å². The number of Topliss-reactive ketones (excluding diaryl/α,β-unsaturated/α-hetero) is 2. The molecule has 3 aromatic heterocycles. The Hall–Kier alpha value is -4.27. The third kappa shape index (κ3) is 5.71. The minimum Gasteiger partial charge on any atom is -0.460 e. The Morgan fingerprint density at radius 2 is 1.24 bits per heavy atom. The van der Waals surface area contributed by atoms with Gasteiger partial charge in [-0.2, -0.15) is 0 Å². The minimum atomic E-state index is -1.41. The number of fused-ring (bicyclic) bond motifs is 8. The average molecular weight is 701 g/mol. The van der Waals surface area contributed by atoms with Crippen molar-refractivity contribution in [2.75, 3.05) is 0 Å². The summed E-state index contributed by atoms with van der Waals surface area (Å²) in [5.41, 5.74) is 2.26. The summed E-state index contributed by atoms with van der Waals surface area (Å²) in [5, 5.41) is 32.2. The highest BCUT2D eigenvalue weighted by Gasteiger charge is 2.57. The normalized spacial score (nSPS) is 34.1. The highest BCUT2D eigenvalue weighted by atomic mass is 16.6. The van der Waals surface area contributed by atoms with Crippen molar-refractivity contribution < 1.29 is 43.9 Å². The Morgan fingerprint density at radius 3 is 1.84 bits per heavy atom. The number of ketones is 2. The number of aromatic amines is 2. The fourth-order valence-electron chi connectivity index (χ4n) is 7.98. The van der Waals surface area contributed by atoms with Crippen molar-refractivity contribution in [3.05, 3.63) is 70.3 Å². The summed E-state index contributed by atoms with van der Waals surface area (Å²) in [6.07, 6.45) is -6.84. The Balaban J connectivity index is 1.46. The molecule has 0 amide bonds. The number of H-pyrrole nitrogens is 2. The van der Waals surface area contributed by atoms with Crippen LogP contribution in [0.3, 0.4) is 0 Å². The second kappa shape index (κ2) is 12.4. The van der Waals surface area contributed by atoms with Gasteiger partial charge in [-0.3, -0.25) is 14.4 Å². The monoisotopic (exact) mass is 700 g/mol. The first-order valence-corrected chi connectivity index (χ1v) is 17.3. The standard InChI is InChI=1S/C38H44N4O9/c1-16-9-22-11-31-38(7,36-30(51-20(5)43)15-28(45)19(4)50-36)33(47)25(41-31)10-21-8-17(2)24(39-21)13-32-37(6,34(48)26(42-32)12-23(16)40-22)35-29(46)14-27(44)18(3)49-35/h8-13,18-19,27-30,35-36,39-40,44-46H,14-15H2,1-7H3/t18-,19-,27-,28-,29-,30-,35-,36-,37?,38?/m1/s1. The third-order valence-corrected chi connectivity index (χ3v) is 11.2. The van der Waals surface area contributed by atoms with Crippen molar-refractivity contribution in [2.45, 2.75) is 121 Å². The number of hydrogen-bond acceptors (Lipinski definition) is 11. The van der Waals surface area contributed by atoms with Crippen LogP contribution in [0, 0.1) is 13.8 Å². The summed E-state index contributed by atoms with van der Waals surface area (Å²) < 4.78 is 18.1. The molecule has 0 radical (unpaired) electrons. The number of aliphatic hydroxyl groups excluding tert-OH is 3. The van der Waals surface area contributed by atoms with Gasteiger partial charge in [-0.1, -0.05) is 0 Å². The molecule has 0 saturated carbocycles. The average Bonchev–Trinajstić information content (AvgIpc) is 3.72. The lowest BCUT2D eigenvalue weighted by Crippen LogP contribution is -2.57. The first-order chi connectivity index (χ1) is 24.0. The molecule has 13 heteroatoms. The largest absolute Gasteiger partial charge is 0.460 e. The van der Waals surface area contributed by atoms with E-state index in [9.17, 15) is 29.7 Å². The number of carbonyl (C=O) groups is 3. The molecule has 10 atom stereocenters. The lowest BCUT2D eigenvalue weighted by Gasteiger charge is -2.44. The van der Waals surface area contributed by atoms with Gasteiger partial charge in [-0.25, -0.2) is 9.97 Å². The number of hydrogen-bond donors (Lipinski definition) is 5. The molecule has 5 N–H and O–H groups in total. The highest BCUT2D eigenvalue weighted by molar-refractivity contribution is 6.07. The van der Waals surface area contributed by atoms with E-state index in [1.54, 1.807) is 52.0 Å². The number of carbonyl (C=O) groups excluding carboxylic acids is 3. The Kier molecular flexibility index (Phi) is 8.58. The first kappa shape index (κ1) is 35.1. The second-order valence-electron chi connectivity index (χ2n) is 14.9. The van der Waals surface area contributed by atoms with Gasteiger partial charge in [0.2, 0.25) is 0 Å². The topological polar surface area (TPSA) is 197 Å². The molecule has 4 aliphatic rings. The van der Waals surface area contributed by atoms with E-state index in [2.05, 4.69) is 9.97 Å². The van der Waals surface area contributed by atoms with E-state index in [-0.39, 0.29) is 35.8 Å². The third-order valence-electron chi connectivity index (χ3n) is 11.2. The van der Waals surface area contributed by atoms with Crippen LogP contribution in [0.15, 0.2) is 36.4 Å². The molecule has 0 aromatic carbocycles. The van der Waals surface area contributed by atoms with Gasteiger partial charge in [-0.05, 0) is 89.1 Å². The molecule has 2 fully saturated rings. The number of esters is 1. The zero-order valence-electron chi connectivity index (χ0n) is 29.7. The van der Waals surface area contributed by atoms with Gasteiger partial charge in [0.25, 0.3) is 0 Å². The van der Waals surface area contributed by atoms with Crippen molar-refractivity contribution in [3.63, 3.8) is 0 Å². The summed E-state index contributed by atoms with van der Waals surface area (Å²) in [4.78, 5) is 57.5. The van der Waals surface area contributed by atoms with Crippen LogP contribution < -0.4 is 0 Å². The SMILES string of the molecule is CC(=O)O[C@@H]1C[C@@H](O)[C@@H](C)O[C@H]1C1(C)C(=O)c2cc3cc(C)c(cc4nc(cc5[nH]c(cc1n2)cc5C)C(=O)C4(C)[C@@H]1O[C@H](C)[C@H](O)C[C@H]1O)[nH]3. The van der Waals surface area contributed by atoms with Crippen LogP contribution in [0.25, 0.3) is 22.1 Å². The smallest absolute Gasteiger partial charge is 0.302 e. The molecule has 2 unspecified atom stereocenters. The van der Waals surface area contributed by atoms with Crippen molar-refractivity contribution >= 4 is 39.6 Å². The van der Waals surface area contributed by atoms with E-state index in [1.165, 1.54) is 6.92 Å². The van der Waals surface area contributed by atoms with E-state index in [0.717, 1.165) is 11.1 Å². The number of aryl methyl sites for hydroxylation is 2. The summed E-state index contributed by atoms with van der Waals surface area (Å²) in [6, 6.07) is 10.5. The molecule has 0 spiro atoms. The van der Waals surface area contributed by atoms with E-state index >= 15 is 0 Å².